The topological polar surface area (TPSA) is 46.5 Å². The van der Waals surface area contributed by atoms with E-state index in [4.69, 9.17) is 9.84 Å². The SMILES string of the molecule is CCCC=COCCC=C(C)C(=O)O. The molecule has 0 aromatic heterocycles. The Hall–Kier alpha value is -1.25. The lowest BCUT2D eigenvalue weighted by atomic mass is 10.2. The third-order valence-corrected chi connectivity index (χ3v) is 1.67. The van der Waals surface area contributed by atoms with E-state index in [1.54, 1.807) is 19.3 Å². The third kappa shape index (κ3) is 7.40. The second-order valence-corrected chi connectivity index (χ2v) is 3.01. The molecule has 0 radical (unpaired) electrons. The van der Waals surface area contributed by atoms with Crippen LogP contribution < -0.4 is 0 Å². The molecule has 0 spiro atoms. The summed E-state index contributed by atoms with van der Waals surface area (Å²) in [5.41, 5.74) is 0.367. The number of ether oxygens (including phenoxy) is 1. The van der Waals surface area contributed by atoms with Gasteiger partial charge in [-0.3, -0.25) is 0 Å². The molecule has 0 saturated heterocycles. The molecule has 0 amide bonds. The lowest BCUT2D eigenvalue weighted by Crippen LogP contribution is -1.96. The molecule has 1 N–H and O–H groups in total. The van der Waals surface area contributed by atoms with E-state index in [0.717, 1.165) is 12.8 Å². The van der Waals surface area contributed by atoms with Crippen molar-refractivity contribution in [3.8, 4) is 0 Å². The molecule has 0 aliphatic heterocycles. The van der Waals surface area contributed by atoms with Gasteiger partial charge in [0, 0.05) is 12.0 Å². The molecule has 0 heterocycles. The van der Waals surface area contributed by atoms with E-state index in [-0.39, 0.29) is 0 Å². The summed E-state index contributed by atoms with van der Waals surface area (Å²) in [7, 11) is 0. The average Bonchev–Trinajstić information content (AvgIpc) is 2.16. The van der Waals surface area contributed by atoms with Crippen LogP contribution in [0.3, 0.4) is 0 Å². The van der Waals surface area contributed by atoms with Crippen LogP contribution in [0.15, 0.2) is 24.0 Å². The first kappa shape index (κ1) is 12.8. The Morgan fingerprint density at radius 2 is 2.14 bits per heavy atom. The van der Waals surface area contributed by atoms with Crippen LogP contribution in [0, 0.1) is 0 Å². The highest BCUT2D eigenvalue weighted by Gasteiger charge is 1.96. The van der Waals surface area contributed by atoms with Crippen LogP contribution in [0.25, 0.3) is 0 Å². The van der Waals surface area contributed by atoms with Gasteiger partial charge in [0.15, 0.2) is 0 Å². The Bertz CT molecular complexity index is 217. The highest BCUT2D eigenvalue weighted by molar-refractivity contribution is 5.85. The summed E-state index contributed by atoms with van der Waals surface area (Å²) in [6, 6.07) is 0. The summed E-state index contributed by atoms with van der Waals surface area (Å²) >= 11 is 0. The highest BCUT2D eigenvalue weighted by Crippen LogP contribution is 1.96. The molecule has 0 atom stereocenters. The summed E-state index contributed by atoms with van der Waals surface area (Å²) < 4.78 is 5.15. The molecular formula is C11H18O3. The van der Waals surface area contributed by atoms with Gasteiger partial charge in [-0.15, -0.1) is 0 Å². The number of unbranched alkanes of at least 4 members (excludes halogenated alkanes) is 1. The maximum absolute atomic E-state index is 10.4. The zero-order valence-corrected chi connectivity index (χ0v) is 8.82. The minimum Gasteiger partial charge on any atom is -0.501 e. The predicted octanol–water partition coefficient (Wildman–Crippen LogP) is 2.74. The summed E-state index contributed by atoms with van der Waals surface area (Å²) in [6.07, 6.45) is 8.06. The molecule has 14 heavy (non-hydrogen) atoms. The molecule has 3 nitrogen and oxygen atoms in total. The Balaban J connectivity index is 3.46. The van der Waals surface area contributed by atoms with E-state index in [2.05, 4.69) is 6.92 Å². The second-order valence-electron chi connectivity index (χ2n) is 3.01. The fourth-order valence-corrected chi connectivity index (χ4v) is 0.802. The van der Waals surface area contributed by atoms with E-state index in [1.807, 2.05) is 6.08 Å². The monoisotopic (exact) mass is 198 g/mol. The second kappa shape index (κ2) is 8.35. The zero-order chi connectivity index (χ0) is 10.8. The molecule has 80 valence electrons. The minimum atomic E-state index is -0.869. The lowest BCUT2D eigenvalue weighted by molar-refractivity contribution is -0.132. The summed E-state index contributed by atoms with van der Waals surface area (Å²) in [6.45, 7) is 4.21. The number of rotatable bonds is 7. The van der Waals surface area contributed by atoms with Crippen molar-refractivity contribution in [3.63, 3.8) is 0 Å². The zero-order valence-electron chi connectivity index (χ0n) is 8.82. The van der Waals surface area contributed by atoms with Gasteiger partial charge in [-0.05, 0) is 19.4 Å². The highest BCUT2D eigenvalue weighted by atomic mass is 16.5. The van der Waals surface area contributed by atoms with E-state index < -0.39 is 5.97 Å². The first-order valence-corrected chi connectivity index (χ1v) is 4.85. The number of aliphatic carboxylic acids is 1. The van der Waals surface area contributed by atoms with Gasteiger partial charge < -0.3 is 9.84 Å². The van der Waals surface area contributed by atoms with Gasteiger partial charge in [0.25, 0.3) is 0 Å². The van der Waals surface area contributed by atoms with Gasteiger partial charge in [-0.25, -0.2) is 4.79 Å². The summed E-state index contributed by atoms with van der Waals surface area (Å²) in [5.74, 6) is -0.869. The van der Waals surface area contributed by atoms with Crippen molar-refractivity contribution >= 4 is 5.97 Å². The smallest absolute Gasteiger partial charge is 0.330 e. The minimum absolute atomic E-state index is 0.367. The van der Waals surface area contributed by atoms with Gasteiger partial charge in [-0.1, -0.05) is 19.4 Å². The van der Waals surface area contributed by atoms with Crippen molar-refractivity contribution in [1.29, 1.82) is 0 Å². The van der Waals surface area contributed by atoms with Gasteiger partial charge in [0.1, 0.15) is 0 Å². The number of hydrogen-bond acceptors (Lipinski definition) is 2. The number of carbonyl (C=O) groups is 1. The molecule has 0 saturated carbocycles. The van der Waals surface area contributed by atoms with Crippen LogP contribution in [0.4, 0.5) is 0 Å². The van der Waals surface area contributed by atoms with Crippen LogP contribution in [-0.4, -0.2) is 17.7 Å². The van der Waals surface area contributed by atoms with E-state index in [0.29, 0.717) is 18.6 Å². The largest absolute Gasteiger partial charge is 0.501 e. The molecule has 0 fully saturated rings. The van der Waals surface area contributed by atoms with Crippen molar-refractivity contribution in [2.24, 2.45) is 0 Å². The molecule has 0 aromatic rings. The van der Waals surface area contributed by atoms with Crippen LogP contribution in [0.2, 0.25) is 0 Å². The van der Waals surface area contributed by atoms with Gasteiger partial charge in [0.05, 0.1) is 12.9 Å². The first-order valence-electron chi connectivity index (χ1n) is 4.85. The van der Waals surface area contributed by atoms with Crippen LogP contribution in [-0.2, 0) is 9.53 Å². The molecular weight excluding hydrogens is 180 g/mol. The maximum Gasteiger partial charge on any atom is 0.330 e. The molecule has 0 unspecified atom stereocenters. The Kier molecular flexibility index (Phi) is 7.61. The molecule has 0 bridgehead atoms. The van der Waals surface area contributed by atoms with Gasteiger partial charge in [0.2, 0.25) is 0 Å². The Labute approximate surface area is 85.1 Å². The number of hydrogen-bond donors (Lipinski definition) is 1. The van der Waals surface area contributed by atoms with Crippen LogP contribution in [0.1, 0.15) is 33.1 Å². The quantitative estimate of drug-likeness (QED) is 0.388. The molecule has 0 aromatic carbocycles. The van der Waals surface area contributed by atoms with Crippen molar-refractivity contribution in [2.45, 2.75) is 33.1 Å². The standard InChI is InChI=1S/C11H18O3/c1-3-4-5-8-14-9-6-7-10(2)11(12)13/h5,7-8H,3-4,6,9H2,1-2H3,(H,12,13). The average molecular weight is 198 g/mol. The number of carboxylic acid groups (broad SMARTS) is 1. The van der Waals surface area contributed by atoms with Crippen molar-refractivity contribution < 1.29 is 14.6 Å². The lowest BCUT2D eigenvalue weighted by Gasteiger charge is -1.97. The molecule has 0 rings (SSSR count). The fraction of sp³-hybridized carbons (Fsp3) is 0.545. The summed E-state index contributed by atoms with van der Waals surface area (Å²) in [5, 5.41) is 8.53. The normalized spacial score (nSPS) is 12.0. The van der Waals surface area contributed by atoms with E-state index >= 15 is 0 Å². The number of carboxylic acids is 1. The van der Waals surface area contributed by atoms with Gasteiger partial charge in [-0.2, -0.15) is 0 Å². The van der Waals surface area contributed by atoms with Crippen molar-refractivity contribution in [1.82, 2.24) is 0 Å². The van der Waals surface area contributed by atoms with Gasteiger partial charge >= 0.3 is 5.97 Å². The maximum atomic E-state index is 10.4. The number of allylic oxidation sites excluding steroid dienone is 1. The molecule has 0 aliphatic carbocycles. The first-order chi connectivity index (χ1) is 6.68. The molecule has 0 aliphatic rings. The van der Waals surface area contributed by atoms with Crippen LogP contribution in [0.5, 0.6) is 0 Å². The molecule has 3 heteroatoms. The third-order valence-electron chi connectivity index (χ3n) is 1.67. The Morgan fingerprint density at radius 3 is 2.71 bits per heavy atom. The van der Waals surface area contributed by atoms with E-state index in [9.17, 15) is 4.79 Å². The van der Waals surface area contributed by atoms with E-state index in [1.165, 1.54) is 0 Å². The van der Waals surface area contributed by atoms with Crippen molar-refractivity contribution in [3.05, 3.63) is 24.0 Å². The fourth-order valence-electron chi connectivity index (χ4n) is 0.802. The van der Waals surface area contributed by atoms with Crippen molar-refractivity contribution in [2.75, 3.05) is 6.61 Å². The predicted molar refractivity (Wildman–Crippen MR) is 56.0 cm³/mol. The van der Waals surface area contributed by atoms with Crippen LogP contribution >= 0.6 is 0 Å². The summed E-state index contributed by atoms with van der Waals surface area (Å²) in [4.78, 5) is 10.4. The Morgan fingerprint density at radius 1 is 1.43 bits per heavy atom.